The van der Waals surface area contributed by atoms with Gasteiger partial charge in [-0.05, 0) is 52.3 Å². The molecule has 0 bridgehead atoms. The van der Waals surface area contributed by atoms with E-state index in [-0.39, 0.29) is 0 Å². The van der Waals surface area contributed by atoms with Gasteiger partial charge in [0.1, 0.15) is 11.5 Å². The number of methoxy groups -OCH3 is 1. The third-order valence-corrected chi connectivity index (χ3v) is 3.06. The largest absolute Gasteiger partial charge is 0.497 e. The smallest absolute Gasteiger partial charge is 0.344 e. The van der Waals surface area contributed by atoms with Crippen LogP contribution in [0.4, 0.5) is 0 Å². The number of carbonyl (C=O) groups is 1. The van der Waals surface area contributed by atoms with Crippen molar-refractivity contribution in [2.75, 3.05) is 7.11 Å². The number of hydrogen-bond acceptors (Lipinski definition) is 3. The molecule has 0 unspecified atom stereocenters. The number of ether oxygens (including phenoxy) is 2. The van der Waals surface area contributed by atoms with Crippen LogP contribution in [0.2, 0.25) is 0 Å². The van der Waals surface area contributed by atoms with E-state index in [1.807, 2.05) is 6.07 Å². The van der Waals surface area contributed by atoms with Crippen LogP contribution in [0, 0.1) is 0 Å². The second-order valence-corrected chi connectivity index (χ2v) is 4.40. The van der Waals surface area contributed by atoms with E-state index in [4.69, 9.17) is 9.47 Å². The molecule has 0 fully saturated rings. The maximum Gasteiger partial charge on any atom is 0.344 e. The van der Waals surface area contributed by atoms with Gasteiger partial charge in [0.15, 0.2) is 0 Å². The zero-order valence-electron chi connectivity index (χ0n) is 9.72. The van der Waals surface area contributed by atoms with E-state index >= 15 is 0 Å². The number of esters is 1. The van der Waals surface area contributed by atoms with Crippen LogP contribution >= 0.6 is 15.9 Å². The van der Waals surface area contributed by atoms with Crippen molar-refractivity contribution in [1.82, 2.24) is 0 Å². The molecule has 4 heteroatoms. The lowest BCUT2D eigenvalue weighted by Crippen LogP contribution is -2.08. The van der Waals surface area contributed by atoms with E-state index in [9.17, 15) is 4.79 Å². The molecule has 2 rings (SSSR count). The highest BCUT2D eigenvalue weighted by Crippen LogP contribution is 2.21. The van der Waals surface area contributed by atoms with Crippen LogP contribution in [-0.4, -0.2) is 13.1 Å². The molecule has 0 radical (unpaired) electrons. The van der Waals surface area contributed by atoms with Crippen molar-refractivity contribution in [2.45, 2.75) is 0 Å². The molecule has 0 aliphatic carbocycles. The van der Waals surface area contributed by atoms with Gasteiger partial charge in [-0.15, -0.1) is 0 Å². The molecule has 92 valence electrons. The van der Waals surface area contributed by atoms with Gasteiger partial charge >= 0.3 is 5.97 Å². The summed E-state index contributed by atoms with van der Waals surface area (Å²) in [6.07, 6.45) is 0. The van der Waals surface area contributed by atoms with Crippen LogP contribution in [-0.2, 0) is 0 Å². The summed E-state index contributed by atoms with van der Waals surface area (Å²) in [5.41, 5.74) is 0.494. The van der Waals surface area contributed by atoms with E-state index in [2.05, 4.69) is 15.9 Å². The van der Waals surface area contributed by atoms with Gasteiger partial charge in [-0.25, -0.2) is 4.79 Å². The Kier molecular flexibility index (Phi) is 3.99. The fourth-order valence-electron chi connectivity index (χ4n) is 1.43. The minimum atomic E-state index is -0.396. The van der Waals surface area contributed by atoms with E-state index in [0.29, 0.717) is 15.8 Å². The highest BCUT2D eigenvalue weighted by molar-refractivity contribution is 9.10. The summed E-state index contributed by atoms with van der Waals surface area (Å²) in [4.78, 5) is 11.9. The summed E-state index contributed by atoms with van der Waals surface area (Å²) >= 11 is 3.31. The second-order valence-electron chi connectivity index (χ2n) is 3.54. The van der Waals surface area contributed by atoms with Crippen LogP contribution in [0.25, 0.3) is 0 Å². The third kappa shape index (κ3) is 2.90. The lowest BCUT2D eigenvalue weighted by atomic mass is 10.2. The molecule has 0 aromatic heterocycles. The highest BCUT2D eigenvalue weighted by atomic mass is 79.9. The topological polar surface area (TPSA) is 35.5 Å². The summed E-state index contributed by atoms with van der Waals surface area (Å²) in [5, 5.41) is 0. The van der Waals surface area contributed by atoms with Crippen LogP contribution in [0.5, 0.6) is 11.5 Å². The molecule has 18 heavy (non-hydrogen) atoms. The third-order valence-electron chi connectivity index (χ3n) is 2.36. The fraction of sp³-hybridized carbons (Fsp3) is 0.0714. The van der Waals surface area contributed by atoms with E-state index < -0.39 is 5.97 Å². The first-order valence-electron chi connectivity index (χ1n) is 5.31. The second kappa shape index (κ2) is 5.69. The average molecular weight is 307 g/mol. The molecule has 0 heterocycles. The van der Waals surface area contributed by atoms with Crippen LogP contribution in [0.15, 0.2) is 53.0 Å². The average Bonchev–Trinajstić information content (AvgIpc) is 2.40. The summed E-state index contributed by atoms with van der Waals surface area (Å²) < 4.78 is 11.0. The Labute approximate surface area is 113 Å². The Morgan fingerprint density at radius 1 is 1.00 bits per heavy atom. The number of halogens is 1. The quantitative estimate of drug-likeness (QED) is 0.641. The maximum atomic E-state index is 11.9. The minimum Gasteiger partial charge on any atom is -0.497 e. The maximum absolute atomic E-state index is 11.9. The monoisotopic (exact) mass is 306 g/mol. The molecular weight excluding hydrogens is 296 g/mol. The predicted molar refractivity (Wildman–Crippen MR) is 72.1 cm³/mol. The fourth-order valence-corrected chi connectivity index (χ4v) is 1.88. The van der Waals surface area contributed by atoms with Crippen molar-refractivity contribution in [1.29, 1.82) is 0 Å². The van der Waals surface area contributed by atoms with Gasteiger partial charge in [-0.3, -0.25) is 0 Å². The van der Waals surface area contributed by atoms with Crippen LogP contribution in [0.1, 0.15) is 10.4 Å². The first kappa shape index (κ1) is 12.6. The van der Waals surface area contributed by atoms with Gasteiger partial charge in [0.2, 0.25) is 0 Å². The molecule has 0 saturated heterocycles. The van der Waals surface area contributed by atoms with Gasteiger partial charge in [0, 0.05) is 4.47 Å². The van der Waals surface area contributed by atoms with Crippen molar-refractivity contribution in [3.63, 3.8) is 0 Å². The Bertz CT molecular complexity index is 549. The lowest BCUT2D eigenvalue weighted by Gasteiger charge is -2.06. The molecule has 0 N–H and O–H groups in total. The van der Waals surface area contributed by atoms with Crippen molar-refractivity contribution < 1.29 is 14.3 Å². The SMILES string of the molecule is COc1ccc(OC(=O)c2ccccc2Br)cc1. The number of carbonyl (C=O) groups excluding carboxylic acids is 1. The highest BCUT2D eigenvalue weighted by Gasteiger charge is 2.11. The molecule has 0 atom stereocenters. The molecule has 0 aliphatic heterocycles. The van der Waals surface area contributed by atoms with Gasteiger partial charge in [-0.1, -0.05) is 12.1 Å². The normalized spacial score (nSPS) is 9.89. The van der Waals surface area contributed by atoms with Crippen molar-refractivity contribution >= 4 is 21.9 Å². The van der Waals surface area contributed by atoms with Crippen molar-refractivity contribution in [3.8, 4) is 11.5 Å². The first-order valence-corrected chi connectivity index (χ1v) is 6.11. The molecule has 2 aromatic rings. The lowest BCUT2D eigenvalue weighted by molar-refractivity contribution is 0.0733. The van der Waals surface area contributed by atoms with Gasteiger partial charge in [0.05, 0.1) is 12.7 Å². The zero-order chi connectivity index (χ0) is 13.0. The zero-order valence-corrected chi connectivity index (χ0v) is 11.3. The number of hydrogen-bond donors (Lipinski definition) is 0. The van der Waals surface area contributed by atoms with Crippen molar-refractivity contribution in [2.24, 2.45) is 0 Å². The molecular formula is C14H11BrO3. The molecule has 0 saturated carbocycles. The molecule has 2 aromatic carbocycles. The van der Waals surface area contributed by atoms with Gasteiger partial charge < -0.3 is 9.47 Å². The Morgan fingerprint density at radius 2 is 1.61 bits per heavy atom. The summed E-state index contributed by atoms with van der Waals surface area (Å²) in [5.74, 6) is 0.805. The van der Waals surface area contributed by atoms with Gasteiger partial charge in [0.25, 0.3) is 0 Å². The van der Waals surface area contributed by atoms with E-state index in [1.54, 1.807) is 49.6 Å². The van der Waals surface area contributed by atoms with E-state index in [1.165, 1.54) is 0 Å². The van der Waals surface area contributed by atoms with Gasteiger partial charge in [-0.2, -0.15) is 0 Å². The Balaban J connectivity index is 2.14. The molecule has 0 spiro atoms. The van der Waals surface area contributed by atoms with Crippen molar-refractivity contribution in [3.05, 3.63) is 58.6 Å². The summed E-state index contributed by atoms with van der Waals surface area (Å²) in [6, 6.07) is 14.0. The van der Waals surface area contributed by atoms with E-state index in [0.717, 1.165) is 5.75 Å². The Hall–Kier alpha value is -1.81. The number of benzene rings is 2. The summed E-state index contributed by atoms with van der Waals surface area (Å²) in [6.45, 7) is 0. The molecule has 3 nitrogen and oxygen atoms in total. The van der Waals surface area contributed by atoms with Crippen LogP contribution in [0.3, 0.4) is 0 Å². The number of rotatable bonds is 3. The molecule has 0 amide bonds. The standard InChI is InChI=1S/C14H11BrO3/c1-17-10-6-8-11(9-7-10)18-14(16)12-4-2-3-5-13(12)15/h2-9H,1H3. The molecule has 0 aliphatic rings. The minimum absolute atomic E-state index is 0.396. The summed E-state index contributed by atoms with van der Waals surface area (Å²) in [7, 11) is 1.59. The predicted octanol–water partition coefficient (Wildman–Crippen LogP) is 3.68. The van der Waals surface area contributed by atoms with Crippen LogP contribution < -0.4 is 9.47 Å². The first-order chi connectivity index (χ1) is 8.70. The Morgan fingerprint density at radius 3 is 2.22 bits per heavy atom.